The van der Waals surface area contributed by atoms with Crippen LogP contribution in [0.1, 0.15) is 13.8 Å². The van der Waals surface area contributed by atoms with Crippen LogP contribution < -0.4 is 5.32 Å². The zero-order valence-electron chi connectivity index (χ0n) is 10.3. The number of carbonyl (C=O) groups excluding carboxylic acids is 1. The molecule has 0 aliphatic carbocycles. The maximum atomic E-state index is 11.5. The molecular weight excluding hydrogens is 224 g/mol. The van der Waals surface area contributed by atoms with E-state index < -0.39 is 11.9 Å². The van der Waals surface area contributed by atoms with E-state index in [0.717, 1.165) is 0 Å². The molecule has 1 amide bonds. The maximum absolute atomic E-state index is 11.5. The van der Waals surface area contributed by atoms with Crippen molar-refractivity contribution < 1.29 is 19.4 Å². The molecule has 2 unspecified atom stereocenters. The van der Waals surface area contributed by atoms with Crippen LogP contribution in [0.3, 0.4) is 0 Å². The van der Waals surface area contributed by atoms with E-state index in [1.807, 2.05) is 18.7 Å². The highest BCUT2D eigenvalue weighted by Gasteiger charge is 2.37. The van der Waals surface area contributed by atoms with Gasteiger partial charge in [-0.2, -0.15) is 0 Å². The van der Waals surface area contributed by atoms with Gasteiger partial charge in [-0.1, -0.05) is 6.92 Å². The number of carboxylic acid groups (broad SMARTS) is 1. The van der Waals surface area contributed by atoms with Crippen molar-refractivity contribution in [3.05, 3.63) is 0 Å². The lowest BCUT2D eigenvalue weighted by Crippen LogP contribution is -2.47. The number of hydrogen-bond donors (Lipinski definition) is 2. The average Bonchev–Trinajstić information content (AvgIpc) is 2.75. The van der Waals surface area contributed by atoms with E-state index in [9.17, 15) is 9.59 Å². The zero-order valence-corrected chi connectivity index (χ0v) is 10.3. The summed E-state index contributed by atoms with van der Waals surface area (Å²) in [7, 11) is 0. The van der Waals surface area contributed by atoms with Crippen molar-refractivity contribution in [1.82, 2.24) is 10.2 Å². The fourth-order valence-corrected chi connectivity index (χ4v) is 2.04. The largest absolute Gasteiger partial charge is 0.481 e. The SMILES string of the molecule is CCNC(=O)CN(CC)C1COCC1C(=O)O. The lowest BCUT2D eigenvalue weighted by molar-refractivity contribution is -0.143. The van der Waals surface area contributed by atoms with E-state index >= 15 is 0 Å². The summed E-state index contributed by atoms with van der Waals surface area (Å²) in [5.41, 5.74) is 0. The van der Waals surface area contributed by atoms with Gasteiger partial charge in [-0.25, -0.2) is 0 Å². The van der Waals surface area contributed by atoms with E-state index in [4.69, 9.17) is 9.84 Å². The first-order valence-corrected chi connectivity index (χ1v) is 5.91. The van der Waals surface area contributed by atoms with Gasteiger partial charge < -0.3 is 15.2 Å². The van der Waals surface area contributed by atoms with Gasteiger partial charge in [-0.3, -0.25) is 14.5 Å². The molecule has 2 N–H and O–H groups in total. The van der Waals surface area contributed by atoms with Crippen LogP contribution >= 0.6 is 0 Å². The summed E-state index contributed by atoms with van der Waals surface area (Å²) in [4.78, 5) is 24.4. The standard InChI is InChI=1S/C11H20N2O4/c1-3-12-10(14)5-13(4-2)9-7-17-6-8(9)11(15)16/h8-9H,3-7H2,1-2H3,(H,12,14)(H,15,16). The number of carbonyl (C=O) groups is 2. The molecule has 6 nitrogen and oxygen atoms in total. The summed E-state index contributed by atoms with van der Waals surface area (Å²) in [6.45, 7) is 5.82. The van der Waals surface area contributed by atoms with Crippen LogP contribution in [-0.2, 0) is 14.3 Å². The van der Waals surface area contributed by atoms with Gasteiger partial charge in [-0.05, 0) is 13.5 Å². The summed E-state index contributed by atoms with van der Waals surface area (Å²) in [5.74, 6) is -1.48. The molecule has 1 saturated heterocycles. The summed E-state index contributed by atoms with van der Waals surface area (Å²) < 4.78 is 5.20. The van der Waals surface area contributed by atoms with Gasteiger partial charge in [0.1, 0.15) is 0 Å². The Morgan fingerprint density at radius 2 is 2.12 bits per heavy atom. The zero-order chi connectivity index (χ0) is 12.8. The topological polar surface area (TPSA) is 78.9 Å². The number of rotatable bonds is 6. The minimum Gasteiger partial charge on any atom is -0.481 e. The van der Waals surface area contributed by atoms with Gasteiger partial charge >= 0.3 is 5.97 Å². The first kappa shape index (κ1) is 13.9. The number of ether oxygens (including phenoxy) is 1. The first-order valence-electron chi connectivity index (χ1n) is 5.91. The van der Waals surface area contributed by atoms with Crippen LogP contribution in [0.15, 0.2) is 0 Å². The summed E-state index contributed by atoms with van der Waals surface area (Å²) >= 11 is 0. The van der Waals surface area contributed by atoms with Crippen LogP contribution in [0.5, 0.6) is 0 Å². The molecule has 1 aliphatic heterocycles. The fraction of sp³-hybridized carbons (Fsp3) is 0.818. The predicted molar refractivity (Wildman–Crippen MR) is 61.7 cm³/mol. The molecule has 0 saturated carbocycles. The highest BCUT2D eigenvalue weighted by atomic mass is 16.5. The Bertz CT molecular complexity index is 283. The van der Waals surface area contributed by atoms with Crippen molar-refractivity contribution >= 4 is 11.9 Å². The van der Waals surface area contributed by atoms with Crippen molar-refractivity contribution in [3.8, 4) is 0 Å². The van der Waals surface area contributed by atoms with Gasteiger partial charge in [0.15, 0.2) is 0 Å². The number of nitrogens with zero attached hydrogens (tertiary/aromatic N) is 1. The number of likely N-dealkylation sites (N-methyl/N-ethyl adjacent to an activating group) is 2. The summed E-state index contributed by atoms with van der Waals surface area (Å²) in [6.07, 6.45) is 0. The van der Waals surface area contributed by atoms with Gasteiger partial charge in [-0.15, -0.1) is 0 Å². The average molecular weight is 244 g/mol. The fourth-order valence-electron chi connectivity index (χ4n) is 2.04. The van der Waals surface area contributed by atoms with Crippen LogP contribution in [0.25, 0.3) is 0 Å². The van der Waals surface area contributed by atoms with Crippen LogP contribution in [-0.4, -0.2) is 60.8 Å². The van der Waals surface area contributed by atoms with Gasteiger partial charge in [0.05, 0.1) is 25.7 Å². The molecule has 6 heteroatoms. The van der Waals surface area contributed by atoms with Crippen molar-refractivity contribution in [1.29, 1.82) is 0 Å². The maximum Gasteiger partial charge on any atom is 0.310 e. The Hall–Kier alpha value is -1.14. The third kappa shape index (κ3) is 3.67. The lowest BCUT2D eigenvalue weighted by Gasteiger charge is -2.28. The van der Waals surface area contributed by atoms with E-state index in [0.29, 0.717) is 19.7 Å². The normalized spacial score (nSPS) is 23.9. The highest BCUT2D eigenvalue weighted by Crippen LogP contribution is 2.19. The Balaban J connectivity index is 2.60. The summed E-state index contributed by atoms with van der Waals surface area (Å²) in [5, 5.41) is 11.8. The second-order valence-corrected chi connectivity index (χ2v) is 4.07. The second kappa shape index (κ2) is 6.56. The van der Waals surface area contributed by atoms with Gasteiger partial charge in [0.25, 0.3) is 0 Å². The number of amides is 1. The van der Waals surface area contributed by atoms with E-state index in [1.54, 1.807) is 0 Å². The molecule has 0 aromatic heterocycles. The molecule has 0 aromatic rings. The smallest absolute Gasteiger partial charge is 0.310 e. The molecule has 0 aromatic carbocycles. The van der Waals surface area contributed by atoms with Crippen molar-refractivity contribution in [2.45, 2.75) is 19.9 Å². The number of nitrogens with one attached hydrogen (secondary N) is 1. The quantitative estimate of drug-likeness (QED) is 0.661. The number of aliphatic carboxylic acids is 1. The molecule has 2 atom stereocenters. The third-order valence-electron chi connectivity index (χ3n) is 2.96. The molecule has 1 fully saturated rings. The molecule has 1 heterocycles. The monoisotopic (exact) mass is 244 g/mol. The molecule has 98 valence electrons. The Morgan fingerprint density at radius 1 is 1.41 bits per heavy atom. The molecule has 1 aliphatic rings. The Morgan fingerprint density at radius 3 is 2.65 bits per heavy atom. The predicted octanol–water partition coefficient (Wildman–Crippen LogP) is -0.456. The van der Waals surface area contributed by atoms with Gasteiger partial charge in [0.2, 0.25) is 5.91 Å². The minimum absolute atomic E-state index is 0.0783. The molecular formula is C11H20N2O4. The van der Waals surface area contributed by atoms with E-state index in [-0.39, 0.29) is 25.1 Å². The minimum atomic E-state index is -0.859. The van der Waals surface area contributed by atoms with Crippen LogP contribution in [0, 0.1) is 5.92 Å². The number of hydrogen-bond acceptors (Lipinski definition) is 4. The van der Waals surface area contributed by atoms with Crippen molar-refractivity contribution in [2.75, 3.05) is 32.8 Å². The highest BCUT2D eigenvalue weighted by molar-refractivity contribution is 5.78. The molecule has 1 rings (SSSR count). The molecule has 0 spiro atoms. The number of carboxylic acids is 1. The van der Waals surface area contributed by atoms with E-state index in [1.165, 1.54) is 0 Å². The Kier molecular flexibility index (Phi) is 5.37. The van der Waals surface area contributed by atoms with Gasteiger partial charge in [0, 0.05) is 12.6 Å². The second-order valence-electron chi connectivity index (χ2n) is 4.07. The van der Waals surface area contributed by atoms with Crippen molar-refractivity contribution in [3.63, 3.8) is 0 Å². The summed E-state index contributed by atoms with van der Waals surface area (Å²) in [6, 6.07) is -0.208. The van der Waals surface area contributed by atoms with E-state index in [2.05, 4.69) is 5.32 Å². The third-order valence-corrected chi connectivity index (χ3v) is 2.96. The van der Waals surface area contributed by atoms with Crippen LogP contribution in [0.2, 0.25) is 0 Å². The lowest BCUT2D eigenvalue weighted by atomic mass is 10.0. The molecule has 17 heavy (non-hydrogen) atoms. The Labute approximate surface area is 101 Å². The van der Waals surface area contributed by atoms with Crippen LogP contribution in [0.4, 0.5) is 0 Å². The van der Waals surface area contributed by atoms with Crippen molar-refractivity contribution in [2.24, 2.45) is 5.92 Å². The molecule has 0 radical (unpaired) electrons. The molecule has 0 bridgehead atoms. The first-order chi connectivity index (χ1) is 8.10.